The number of aromatic hydroxyl groups is 1. The summed E-state index contributed by atoms with van der Waals surface area (Å²) in [6.45, 7) is 4.55. The van der Waals surface area contributed by atoms with Crippen molar-refractivity contribution in [2.24, 2.45) is 0 Å². The number of aryl methyl sites for hydroxylation is 1. The lowest BCUT2D eigenvalue weighted by molar-refractivity contribution is 0.0498. The van der Waals surface area contributed by atoms with Crippen LogP contribution in [-0.4, -0.2) is 17.7 Å². The zero-order valence-electron chi connectivity index (χ0n) is 10.5. The molecule has 0 atom stereocenters. The van der Waals surface area contributed by atoms with Crippen LogP contribution < -0.4 is 0 Å². The minimum Gasteiger partial charge on any atom is -0.508 e. The lowest BCUT2D eigenvalue weighted by atomic mass is 10.0. The van der Waals surface area contributed by atoms with Crippen LogP contribution in [0.15, 0.2) is 18.2 Å². The Balaban J connectivity index is 2.77. The van der Waals surface area contributed by atoms with Gasteiger partial charge in [0, 0.05) is 0 Å². The Morgan fingerprint density at radius 3 is 2.71 bits per heavy atom. The maximum Gasteiger partial charge on any atom is 0.338 e. The first-order chi connectivity index (χ1) is 8.19. The molecular weight excluding hydrogens is 216 g/mol. The molecule has 0 aromatic heterocycles. The Morgan fingerprint density at radius 1 is 1.29 bits per heavy atom. The van der Waals surface area contributed by atoms with Gasteiger partial charge in [-0.2, -0.15) is 0 Å². The van der Waals surface area contributed by atoms with Gasteiger partial charge in [0.1, 0.15) is 5.75 Å². The number of esters is 1. The number of hydrogen-bond donors (Lipinski definition) is 1. The van der Waals surface area contributed by atoms with Crippen molar-refractivity contribution < 1.29 is 14.6 Å². The van der Waals surface area contributed by atoms with Crippen LogP contribution in [-0.2, 0) is 11.2 Å². The zero-order valence-corrected chi connectivity index (χ0v) is 10.5. The van der Waals surface area contributed by atoms with E-state index in [0.29, 0.717) is 12.2 Å². The van der Waals surface area contributed by atoms with Crippen molar-refractivity contribution in [1.29, 1.82) is 0 Å². The van der Waals surface area contributed by atoms with Crippen LogP contribution in [0, 0.1) is 0 Å². The highest BCUT2D eigenvalue weighted by Crippen LogP contribution is 2.19. The molecule has 0 saturated heterocycles. The highest BCUT2D eigenvalue weighted by atomic mass is 16.5. The summed E-state index contributed by atoms with van der Waals surface area (Å²) in [6.07, 6.45) is 3.59. The number of carbonyl (C=O) groups excluding carboxylic acids is 1. The maximum absolute atomic E-state index is 11.8. The lowest BCUT2D eigenvalue weighted by Crippen LogP contribution is -2.09. The van der Waals surface area contributed by atoms with Gasteiger partial charge in [0.2, 0.25) is 0 Å². The van der Waals surface area contributed by atoms with E-state index in [9.17, 15) is 9.90 Å². The third-order valence-electron chi connectivity index (χ3n) is 2.56. The minimum atomic E-state index is -0.290. The van der Waals surface area contributed by atoms with E-state index in [2.05, 4.69) is 6.92 Å². The first-order valence-corrected chi connectivity index (χ1v) is 6.18. The SMILES string of the molecule is CCCCOC(=O)c1ccc(O)cc1CCC. The molecule has 0 aliphatic heterocycles. The van der Waals surface area contributed by atoms with E-state index in [-0.39, 0.29) is 11.7 Å². The number of hydrogen-bond acceptors (Lipinski definition) is 3. The first-order valence-electron chi connectivity index (χ1n) is 6.18. The number of carbonyl (C=O) groups is 1. The lowest BCUT2D eigenvalue weighted by Gasteiger charge is -2.09. The Hall–Kier alpha value is -1.51. The molecule has 0 radical (unpaired) electrons. The molecule has 0 aliphatic rings. The summed E-state index contributed by atoms with van der Waals surface area (Å²) in [4.78, 5) is 11.8. The molecule has 0 bridgehead atoms. The molecule has 1 aromatic carbocycles. The fourth-order valence-corrected chi connectivity index (χ4v) is 1.64. The predicted molar refractivity (Wildman–Crippen MR) is 67.3 cm³/mol. The van der Waals surface area contributed by atoms with Crippen molar-refractivity contribution in [1.82, 2.24) is 0 Å². The molecular formula is C14H20O3. The van der Waals surface area contributed by atoms with Crippen LogP contribution >= 0.6 is 0 Å². The number of rotatable bonds is 6. The molecule has 1 rings (SSSR count). The van der Waals surface area contributed by atoms with E-state index in [0.717, 1.165) is 31.2 Å². The Labute approximate surface area is 102 Å². The van der Waals surface area contributed by atoms with Crippen LogP contribution in [0.2, 0.25) is 0 Å². The van der Waals surface area contributed by atoms with Crippen molar-refractivity contribution in [3.05, 3.63) is 29.3 Å². The summed E-state index contributed by atoms with van der Waals surface area (Å²) < 4.78 is 5.17. The van der Waals surface area contributed by atoms with Gasteiger partial charge in [-0.25, -0.2) is 4.79 Å². The summed E-state index contributed by atoms with van der Waals surface area (Å²) in [5.41, 5.74) is 1.43. The minimum absolute atomic E-state index is 0.193. The number of ether oxygens (including phenoxy) is 1. The van der Waals surface area contributed by atoms with Gasteiger partial charge in [-0.15, -0.1) is 0 Å². The van der Waals surface area contributed by atoms with Gasteiger partial charge in [0.25, 0.3) is 0 Å². The van der Waals surface area contributed by atoms with Crippen molar-refractivity contribution in [3.8, 4) is 5.75 Å². The van der Waals surface area contributed by atoms with Gasteiger partial charge in [0.05, 0.1) is 12.2 Å². The van der Waals surface area contributed by atoms with E-state index in [1.54, 1.807) is 12.1 Å². The molecule has 3 nitrogen and oxygen atoms in total. The van der Waals surface area contributed by atoms with Crippen LogP contribution in [0.1, 0.15) is 49.0 Å². The summed E-state index contributed by atoms with van der Waals surface area (Å²) in [6, 6.07) is 4.80. The smallest absolute Gasteiger partial charge is 0.338 e. The van der Waals surface area contributed by atoms with Crippen molar-refractivity contribution in [2.45, 2.75) is 39.5 Å². The van der Waals surface area contributed by atoms with Gasteiger partial charge in [-0.05, 0) is 36.6 Å². The van der Waals surface area contributed by atoms with Gasteiger partial charge < -0.3 is 9.84 Å². The predicted octanol–water partition coefficient (Wildman–Crippen LogP) is 3.30. The van der Waals surface area contributed by atoms with E-state index in [4.69, 9.17) is 4.74 Å². The highest BCUT2D eigenvalue weighted by molar-refractivity contribution is 5.91. The van der Waals surface area contributed by atoms with Gasteiger partial charge in [0.15, 0.2) is 0 Å². The van der Waals surface area contributed by atoms with Crippen LogP contribution in [0.4, 0.5) is 0 Å². The number of unbranched alkanes of at least 4 members (excludes halogenated alkanes) is 1. The standard InChI is InChI=1S/C14H20O3/c1-3-5-9-17-14(16)13-8-7-12(15)10-11(13)6-4-2/h7-8,10,15H,3-6,9H2,1-2H3. The second kappa shape index (κ2) is 6.94. The average molecular weight is 236 g/mol. The van der Waals surface area contributed by atoms with Crippen molar-refractivity contribution in [2.75, 3.05) is 6.61 Å². The molecule has 17 heavy (non-hydrogen) atoms. The maximum atomic E-state index is 11.8. The first kappa shape index (κ1) is 13.6. The van der Waals surface area contributed by atoms with E-state index >= 15 is 0 Å². The summed E-state index contributed by atoms with van der Waals surface area (Å²) in [7, 11) is 0. The van der Waals surface area contributed by atoms with Crippen LogP contribution in [0.25, 0.3) is 0 Å². The van der Waals surface area contributed by atoms with E-state index < -0.39 is 0 Å². The molecule has 0 aliphatic carbocycles. The monoisotopic (exact) mass is 236 g/mol. The van der Waals surface area contributed by atoms with Gasteiger partial charge in [-0.1, -0.05) is 26.7 Å². The molecule has 1 N–H and O–H groups in total. The second-order valence-corrected chi connectivity index (χ2v) is 4.08. The van der Waals surface area contributed by atoms with Gasteiger partial charge in [-0.3, -0.25) is 0 Å². The normalized spacial score (nSPS) is 10.2. The fraction of sp³-hybridized carbons (Fsp3) is 0.500. The van der Waals surface area contributed by atoms with Gasteiger partial charge >= 0.3 is 5.97 Å². The van der Waals surface area contributed by atoms with Crippen LogP contribution in [0.3, 0.4) is 0 Å². The second-order valence-electron chi connectivity index (χ2n) is 4.08. The molecule has 3 heteroatoms. The molecule has 1 aromatic rings. The molecule has 0 amide bonds. The average Bonchev–Trinajstić information content (AvgIpc) is 2.30. The summed E-state index contributed by atoms with van der Waals surface area (Å²) in [5.74, 6) is -0.0968. The molecule has 0 spiro atoms. The van der Waals surface area contributed by atoms with E-state index in [1.807, 2.05) is 6.92 Å². The van der Waals surface area contributed by atoms with Crippen LogP contribution in [0.5, 0.6) is 5.75 Å². The third-order valence-corrected chi connectivity index (χ3v) is 2.56. The zero-order chi connectivity index (χ0) is 12.7. The molecule has 0 fully saturated rings. The molecule has 0 heterocycles. The number of phenols is 1. The molecule has 94 valence electrons. The Kier molecular flexibility index (Phi) is 5.53. The highest BCUT2D eigenvalue weighted by Gasteiger charge is 2.12. The number of benzene rings is 1. The number of phenolic OH excluding ortho intramolecular Hbond substituents is 1. The Bertz CT molecular complexity index is 372. The van der Waals surface area contributed by atoms with E-state index in [1.165, 1.54) is 6.07 Å². The Morgan fingerprint density at radius 2 is 2.06 bits per heavy atom. The third kappa shape index (κ3) is 4.10. The topological polar surface area (TPSA) is 46.5 Å². The summed E-state index contributed by atoms with van der Waals surface area (Å²) >= 11 is 0. The molecule has 0 saturated carbocycles. The van der Waals surface area contributed by atoms with Crippen molar-refractivity contribution >= 4 is 5.97 Å². The quantitative estimate of drug-likeness (QED) is 0.609. The largest absolute Gasteiger partial charge is 0.508 e. The van der Waals surface area contributed by atoms with Crippen molar-refractivity contribution in [3.63, 3.8) is 0 Å². The molecule has 0 unspecified atom stereocenters. The fourth-order valence-electron chi connectivity index (χ4n) is 1.64. The summed E-state index contributed by atoms with van der Waals surface area (Å²) in [5, 5.41) is 9.41.